The van der Waals surface area contributed by atoms with Crippen LogP contribution in [0.1, 0.15) is 37.5 Å². The minimum Gasteiger partial charge on any atom is -0.491 e. The fraction of sp³-hybridized carbons (Fsp3) is 0.550. The van der Waals surface area contributed by atoms with E-state index in [2.05, 4.69) is 25.7 Å². The van der Waals surface area contributed by atoms with Crippen molar-refractivity contribution in [2.45, 2.75) is 51.9 Å². The van der Waals surface area contributed by atoms with Crippen LogP contribution in [-0.2, 0) is 25.6 Å². The average molecular weight is 552 g/mol. The highest BCUT2D eigenvalue weighted by molar-refractivity contribution is 14.0. The second kappa shape index (κ2) is 11.5. The van der Waals surface area contributed by atoms with Crippen molar-refractivity contribution < 1.29 is 17.9 Å². The lowest BCUT2D eigenvalue weighted by atomic mass is 10.1. The summed E-state index contributed by atoms with van der Waals surface area (Å²) in [6, 6.07) is 5.34. The highest BCUT2D eigenvalue weighted by atomic mass is 127. The summed E-state index contributed by atoms with van der Waals surface area (Å²) in [6.45, 7) is 5.62. The van der Waals surface area contributed by atoms with Crippen LogP contribution in [0, 0.1) is 0 Å². The van der Waals surface area contributed by atoms with E-state index in [1.54, 1.807) is 0 Å². The molecule has 1 atom stereocenters. The number of aromatic nitrogens is 3. The van der Waals surface area contributed by atoms with Gasteiger partial charge in [-0.15, -0.1) is 24.0 Å². The van der Waals surface area contributed by atoms with Gasteiger partial charge in [0.25, 0.3) is 0 Å². The van der Waals surface area contributed by atoms with Crippen molar-refractivity contribution in [2.24, 2.45) is 4.99 Å². The Morgan fingerprint density at radius 2 is 2.06 bits per heavy atom. The number of nitrogens with zero attached hydrogens (tertiary/aromatic N) is 4. The van der Waals surface area contributed by atoms with Crippen LogP contribution in [0.4, 0.5) is 13.2 Å². The maximum atomic E-state index is 13.0. The Labute approximate surface area is 196 Å². The van der Waals surface area contributed by atoms with Gasteiger partial charge in [-0.25, -0.2) is 14.7 Å². The molecular weight excluding hydrogens is 524 g/mol. The summed E-state index contributed by atoms with van der Waals surface area (Å²) in [6.07, 6.45) is -1.90. The van der Waals surface area contributed by atoms with E-state index in [9.17, 15) is 13.2 Å². The zero-order chi connectivity index (χ0) is 21.6. The van der Waals surface area contributed by atoms with E-state index in [0.29, 0.717) is 19.0 Å². The van der Waals surface area contributed by atoms with E-state index in [0.717, 1.165) is 37.0 Å². The van der Waals surface area contributed by atoms with Crippen molar-refractivity contribution in [2.75, 3.05) is 19.7 Å². The number of guanidine groups is 1. The quantitative estimate of drug-likeness (QED) is 0.239. The maximum Gasteiger partial charge on any atom is 0.419 e. The summed E-state index contributed by atoms with van der Waals surface area (Å²) in [5.74, 6) is 2.27. The molecule has 0 bridgehead atoms. The summed E-state index contributed by atoms with van der Waals surface area (Å²) in [5.41, 5.74) is -0.781. The Balaban J connectivity index is 0.00000341. The summed E-state index contributed by atoms with van der Waals surface area (Å²) < 4.78 is 46.4. The predicted molar refractivity (Wildman–Crippen MR) is 123 cm³/mol. The van der Waals surface area contributed by atoms with E-state index in [4.69, 9.17) is 4.74 Å². The second-order valence-electron chi connectivity index (χ2n) is 6.96. The summed E-state index contributed by atoms with van der Waals surface area (Å²) in [5, 5.41) is 11.0. The molecule has 1 aliphatic heterocycles. The van der Waals surface area contributed by atoms with Crippen LogP contribution in [0.15, 0.2) is 29.3 Å². The lowest BCUT2D eigenvalue weighted by Crippen LogP contribution is -2.47. The van der Waals surface area contributed by atoms with E-state index >= 15 is 0 Å². The average Bonchev–Trinajstić information content (AvgIpc) is 3.13. The molecule has 3 rings (SSSR count). The molecule has 0 saturated carbocycles. The van der Waals surface area contributed by atoms with Crippen molar-refractivity contribution in [3.05, 3.63) is 41.5 Å². The fourth-order valence-electron chi connectivity index (χ4n) is 3.28. The van der Waals surface area contributed by atoms with Gasteiger partial charge in [-0.2, -0.15) is 18.3 Å². The van der Waals surface area contributed by atoms with Crippen LogP contribution in [0.2, 0.25) is 0 Å². The first-order valence-electron chi connectivity index (χ1n) is 10.2. The number of ether oxygens (including phenoxy) is 1. The zero-order valence-electron chi connectivity index (χ0n) is 17.6. The lowest BCUT2D eigenvalue weighted by molar-refractivity contribution is -0.138. The van der Waals surface area contributed by atoms with E-state index in [1.165, 1.54) is 18.2 Å². The molecule has 2 heterocycles. The molecule has 0 saturated heterocycles. The molecule has 1 aromatic heterocycles. The number of fused-ring (bicyclic) bond motifs is 1. The number of para-hydroxylation sites is 1. The third-order valence-corrected chi connectivity index (χ3v) is 4.71. The van der Waals surface area contributed by atoms with Gasteiger partial charge in [0.1, 0.15) is 18.2 Å². The van der Waals surface area contributed by atoms with Gasteiger partial charge in [0, 0.05) is 25.4 Å². The van der Waals surface area contributed by atoms with Crippen LogP contribution in [0.5, 0.6) is 5.75 Å². The first-order valence-corrected chi connectivity index (χ1v) is 10.2. The van der Waals surface area contributed by atoms with Gasteiger partial charge in [0.15, 0.2) is 11.8 Å². The maximum absolute atomic E-state index is 13.0. The monoisotopic (exact) mass is 552 g/mol. The summed E-state index contributed by atoms with van der Waals surface area (Å²) in [7, 11) is 0. The van der Waals surface area contributed by atoms with Crippen molar-refractivity contribution in [1.29, 1.82) is 0 Å². The normalized spacial score (nSPS) is 16.3. The number of hydrogen-bond acceptors (Lipinski definition) is 4. The van der Waals surface area contributed by atoms with Gasteiger partial charge in [0.05, 0.1) is 18.7 Å². The Bertz CT molecular complexity index is 871. The number of rotatable bonds is 7. The van der Waals surface area contributed by atoms with Gasteiger partial charge in [-0.3, -0.25) is 0 Å². The number of alkyl halides is 3. The van der Waals surface area contributed by atoms with Crippen molar-refractivity contribution in [3.8, 4) is 5.75 Å². The van der Waals surface area contributed by atoms with Crippen molar-refractivity contribution in [3.63, 3.8) is 0 Å². The number of nitrogens with one attached hydrogen (secondary N) is 2. The highest BCUT2D eigenvalue weighted by Gasteiger charge is 2.33. The molecule has 1 aliphatic rings. The molecule has 2 N–H and O–H groups in total. The third-order valence-electron chi connectivity index (χ3n) is 4.71. The molecule has 0 radical (unpaired) electrons. The van der Waals surface area contributed by atoms with Crippen molar-refractivity contribution >= 4 is 29.9 Å². The van der Waals surface area contributed by atoms with E-state index < -0.39 is 11.7 Å². The van der Waals surface area contributed by atoms with E-state index in [-0.39, 0.29) is 48.9 Å². The third kappa shape index (κ3) is 6.97. The van der Waals surface area contributed by atoms with Gasteiger partial charge < -0.3 is 15.4 Å². The molecule has 2 aromatic rings. The molecule has 172 valence electrons. The van der Waals surface area contributed by atoms with Gasteiger partial charge in [0.2, 0.25) is 0 Å². The first kappa shape index (κ1) is 25.2. The zero-order valence-corrected chi connectivity index (χ0v) is 19.9. The second-order valence-corrected chi connectivity index (χ2v) is 6.96. The summed E-state index contributed by atoms with van der Waals surface area (Å²) in [4.78, 5) is 8.95. The Kier molecular flexibility index (Phi) is 9.38. The largest absolute Gasteiger partial charge is 0.491 e. The molecule has 31 heavy (non-hydrogen) atoms. The Morgan fingerprint density at radius 3 is 2.77 bits per heavy atom. The van der Waals surface area contributed by atoms with Crippen LogP contribution < -0.4 is 15.4 Å². The number of hydrogen-bond donors (Lipinski definition) is 2. The summed E-state index contributed by atoms with van der Waals surface area (Å²) >= 11 is 0. The van der Waals surface area contributed by atoms with Crippen LogP contribution in [0.3, 0.4) is 0 Å². The Hall–Kier alpha value is -2.05. The molecule has 1 unspecified atom stereocenters. The minimum absolute atomic E-state index is 0. The highest BCUT2D eigenvalue weighted by Crippen LogP contribution is 2.35. The molecular formula is C20H28F3IN6O. The Morgan fingerprint density at radius 1 is 1.29 bits per heavy atom. The topological polar surface area (TPSA) is 76.4 Å². The molecule has 0 spiro atoms. The SMILES string of the molecule is CCNC(=NCCOc1ccccc1C(F)(F)F)NC1CCc2nc(CC)nn2C1.I. The molecule has 0 amide bonds. The molecule has 0 aliphatic carbocycles. The van der Waals surface area contributed by atoms with Gasteiger partial charge >= 0.3 is 6.18 Å². The molecule has 7 nitrogen and oxygen atoms in total. The van der Waals surface area contributed by atoms with Crippen LogP contribution in [-0.4, -0.2) is 46.5 Å². The van der Waals surface area contributed by atoms with E-state index in [1.807, 2.05) is 18.5 Å². The molecule has 11 heteroatoms. The number of aryl methyl sites for hydroxylation is 2. The first-order chi connectivity index (χ1) is 14.4. The smallest absolute Gasteiger partial charge is 0.419 e. The van der Waals surface area contributed by atoms with Gasteiger partial charge in [-0.1, -0.05) is 19.1 Å². The van der Waals surface area contributed by atoms with Crippen LogP contribution in [0.25, 0.3) is 0 Å². The van der Waals surface area contributed by atoms with Crippen molar-refractivity contribution in [1.82, 2.24) is 25.4 Å². The lowest BCUT2D eigenvalue weighted by Gasteiger charge is -2.25. The minimum atomic E-state index is -4.45. The number of halogens is 4. The fourth-order valence-corrected chi connectivity index (χ4v) is 3.28. The number of aliphatic imine (C=N–C) groups is 1. The predicted octanol–water partition coefficient (Wildman–Crippen LogP) is 3.43. The van der Waals surface area contributed by atoms with Crippen LogP contribution >= 0.6 is 24.0 Å². The standard InChI is InChI=1S/C20H27F3N6O.HI/c1-3-17-27-18-10-9-14(13-29(18)28-17)26-19(24-4-2)25-11-12-30-16-8-6-5-7-15(16)20(21,22)23;/h5-8,14H,3-4,9-13H2,1-2H3,(H2,24,25,26);1H. The van der Waals surface area contributed by atoms with Gasteiger partial charge in [-0.05, 0) is 25.5 Å². The molecule has 0 fully saturated rings. The number of benzene rings is 1. The molecule has 1 aromatic carbocycles.